The van der Waals surface area contributed by atoms with Crippen molar-refractivity contribution in [2.24, 2.45) is 0 Å². The molecule has 0 spiro atoms. The van der Waals surface area contributed by atoms with Gasteiger partial charge in [-0.3, -0.25) is 4.79 Å². The third-order valence-electron chi connectivity index (χ3n) is 4.99. The van der Waals surface area contributed by atoms with Crippen LogP contribution in [0.5, 0.6) is 0 Å². The largest absolute Gasteiger partial charge is 0.322 e. The van der Waals surface area contributed by atoms with Gasteiger partial charge in [0, 0.05) is 24.3 Å². The van der Waals surface area contributed by atoms with Crippen LogP contribution in [0, 0.1) is 0 Å². The van der Waals surface area contributed by atoms with Crippen molar-refractivity contribution < 1.29 is 21.6 Å². The fourth-order valence-electron chi connectivity index (χ4n) is 3.27. The molecule has 1 saturated heterocycles. The molecule has 0 aromatic heterocycles. The van der Waals surface area contributed by atoms with E-state index in [1.54, 1.807) is 0 Å². The van der Waals surface area contributed by atoms with Gasteiger partial charge in [0.1, 0.15) is 0 Å². The first-order valence-corrected chi connectivity index (χ1v) is 12.6. The summed E-state index contributed by atoms with van der Waals surface area (Å²) in [6.45, 7) is 1.04. The van der Waals surface area contributed by atoms with E-state index in [0.29, 0.717) is 18.8 Å². The van der Waals surface area contributed by atoms with Crippen molar-refractivity contribution >= 4 is 31.6 Å². The van der Waals surface area contributed by atoms with Gasteiger partial charge in [0.2, 0.25) is 20.0 Å². The molecular formula is C20H25N3O5S2. The molecule has 1 amide bonds. The summed E-state index contributed by atoms with van der Waals surface area (Å²) in [6, 6.07) is 11.6. The predicted molar refractivity (Wildman–Crippen MR) is 114 cm³/mol. The summed E-state index contributed by atoms with van der Waals surface area (Å²) >= 11 is 0. The Morgan fingerprint density at radius 1 is 0.867 bits per heavy atom. The standard InChI is InChI=1S/C20H25N3O5S2/c1-21-29(25,26)19-8-6-7-16(15-19)20(24)22-17-9-11-18(12-10-17)30(27,28)23-13-4-2-3-5-14-23/h6-12,15,21H,2-5,13-14H2,1H3,(H,22,24). The van der Waals surface area contributed by atoms with Gasteiger partial charge in [0.15, 0.2) is 0 Å². The summed E-state index contributed by atoms with van der Waals surface area (Å²) < 4.78 is 53.2. The number of rotatable bonds is 6. The lowest BCUT2D eigenvalue weighted by molar-refractivity contribution is 0.102. The molecule has 1 heterocycles. The van der Waals surface area contributed by atoms with Crippen LogP contribution in [-0.4, -0.2) is 47.2 Å². The third-order valence-corrected chi connectivity index (χ3v) is 8.32. The van der Waals surface area contributed by atoms with Gasteiger partial charge in [-0.05, 0) is 62.4 Å². The van der Waals surface area contributed by atoms with Crippen LogP contribution in [-0.2, 0) is 20.0 Å². The summed E-state index contributed by atoms with van der Waals surface area (Å²) in [6.07, 6.45) is 3.78. The molecular weight excluding hydrogens is 426 g/mol. The Morgan fingerprint density at radius 2 is 1.50 bits per heavy atom. The Kier molecular flexibility index (Phi) is 6.91. The Morgan fingerprint density at radius 3 is 2.10 bits per heavy atom. The van der Waals surface area contributed by atoms with Crippen LogP contribution in [0.15, 0.2) is 58.3 Å². The lowest BCUT2D eigenvalue weighted by Gasteiger charge is -2.20. The quantitative estimate of drug-likeness (QED) is 0.700. The van der Waals surface area contributed by atoms with Crippen LogP contribution >= 0.6 is 0 Å². The second-order valence-electron chi connectivity index (χ2n) is 7.03. The fourth-order valence-corrected chi connectivity index (χ4v) is 5.56. The number of hydrogen-bond donors (Lipinski definition) is 2. The molecule has 0 aliphatic carbocycles. The van der Waals surface area contributed by atoms with Crippen molar-refractivity contribution in [1.29, 1.82) is 0 Å². The Balaban J connectivity index is 1.74. The molecule has 0 saturated carbocycles. The number of carbonyl (C=O) groups is 1. The second-order valence-corrected chi connectivity index (χ2v) is 10.9. The molecule has 162 valence electrons. The lowest BCUT2D eigenvalue weighted by atomic mass is 10.2. The molecule has 1 aliphatic heterocycles. The number of sulfonamides is 2. The highest BCUT2D eigenvalue weighted by Crippen LogP contribution is 2.22. The van der Waals surface area contributed by atoms with Crippen molar-refractivity contribution in [2.75, 3.05) is 25.5 Å². The minimum Gasteiger partial charge on any atom is -0.322 e. The van der Waals surface area contributed by atoms with E-state index in [2.05, 4.69) is 10.0 Å². The van der Waals surface area contributed by atoms with E-state index in [1.165, 1.54) is 59.9 Å². The van der Waals surface area contributed by atoms with Gasteiger partial charge >= 0.3 is 0 Å². The number of amides is 1. The number of anilines is 1. The third kappa shape index (κ3) is 5.07. The van der Waals surface area contributed by atoms with E-state index < -0.39 is 26.0 Å². The number of nitrogens with zero attached hydrogens (tertiary/aromatic N) is 1. The molecule has 1 fully saturated rings. The maximum absolute atomic E-state index is 12.8. The first-order valence-electron chi connectivity index (χ1n) is 9.69. The van der Waals surface area contributed by atoms with Gasteiger partial charge in [0.05, 0.1) is 9.79 Å². The van der Waals surface area contributed by atoms with Crippen LogP contribution in [0.25, 0.3) is 0 Å². The molecule has 0 unspecified atom stereocenters. The predicted octanol–water partition coefficient (Wildman–Crippen LogP) is 2.41. The molecule has 0 bridgehead atoms. The number of benzene rings is 2. The van der Waals surface area contributed by atoms with Crippen molar-refractivity contribution in [3.05, 3.63) is 54.1 Å². The average molecular weight is 452 g/mol. The fraction of sp³-hybridized carbons (Fsp3) is 0.350. The van der Waals surface area contributed by atoms with E-state index in [9.17, 15) is 21.6 Å². The zero-order valence-electron chi connectivity index (χ0n) is 16.7. The highest BCUT2D eigenvalue weighted by atomic mass is 32.2. The highest BCUT2D eigenvalue weighted by molar-refractivity contribution is 7.89. The minimum absolute atomic E-state index is 0.0171. The molecule has 2 aromatic carbocycles. The minimum atomic E-state index is -3.66. The Bertz CT molecular complexity index is 1110. The normalized spacial score (nSPS) is 16.0. The molecule has 30 heavy (non-hydrogen) atoms. The van der Waals surface area contributed by atoms with Crippen molar-refractivity contribution in [2.45, 2.75) is 35.5 Å². The molecule has 2 aromatic rings. The maximum atomic E-state index is 12.8. The Hall–Kier alpha value is -2.27. The SMILES string of the molecule is CNS(=O)(=O)c1cccc(C(=O)Nc2ccc(S(=O)(=O)N3CCCCCC3)cc2)c1. The van der Waals surface area contributed by atoms with E-state index in [-0.39, 0.29) is 15.4 Å². The molecule has 3 rings (SSSR count). The zero-order chi connectivity index (χ0) is 21.8. The van der Waals surface area contributed by atoms with Crippen LogP contribution in [0.3, 0.4) is 0 Å². The molecule has 1 aliphatic rings. The number of carbonyl (C=O) groups excluding carboxylic acids is 1. The first-order chi connectivity index (χ1) is 14.2. The molecule has 0 radical (unpaired) electrons. The summed E-state index contributed by atoms with van der Waals surface area (Å²) in [5, 5.41) is 2.66. The molecule has 2 N–H and O–H groups in total. The zero-order valence-corrected chi connectivity index (χ0v) is 18.3. The Labute approximate surface area is 177 Å². The number of nitrogens with one attached hydrogen (secondary N) is 2. The van der Waals surface area contributed by atoms with E-state index in [1.807, 2.05) is 0 Å². The van der Waals surface area contributed by atoms with Crippen molar-refractivity contribution in [3.8, 4) is 0 Å². The van der Waals surface area contributed by atoms with Crippen LogP contribution in [0.1, 0.15) is 36.0 Å². The van der Waals surface area contributed by atoms with Crippen LogP contribution < -0.4 is 10.0 Å². The average Bonchev–Trinajstić information content (AvgIpc) is 3.04. The summed E-state index contributed by atoms with van der Waals surface area (Å²) in [4.78, 5) is 12.7. The van der Waals surface area contributed by atoms with Crippen molar-refractivity contribution in [3.63, 3.8) is 0 Å². The van der Waals surface area contributed by atoms with E-state index >= 15 is 0 Å². The van der Waals surface area contributed by atoms with E-state index in [4.69, 9.17) is 0 Å². The maximum Gasteiger partial charge on any atom is 0.255 e. The topological polar surface area (TPSA) is 113 Å². The molecule has 8 nitrogen and oxygen atoms in total. The van der Waals surface area contributed by atoms with Gasteiger partial charge in [-0.2, -0.15) is 4.31 Å². The molecule has 0 atom stereocenters. The van der Waals surface area contributed by atoms with Gasteiger partial charge < -0.3 is 5.32 Å². The van der Waals surface area contributed by atoms with Crippen LogP contribution in [0.2, 0.25) is 0 Å². The van der Waals surface area contributed by atoms with Crippen LogP contribution in [0.4, 0.5) is 5.69 Å². The summed E-state index contributed by atoms with van der Waals surface area (Å²) in [5.41, 5.74) is 0.587. The highest BCUT2D eigenvalue weighted by Gasteiger charge is 2.25. The monoisotopic (exact) mass is 451 g/mol. The number of hydrogen-bond acceptors (Lipinski definition) is 5. The van der Waals surface area contributed by atoms with Gasteiger partial charge in [-0.1, -0.05) is 18.9 Å². The van der Waals surface area contributed by atoms with Gasteiger partial charge in [-0.15, -0.1) is 0 Å². The van der Waals surface area contributed by atoms with Crippen molar-refractivity contribution in [1.82, 2.24) is 9.03 Å². The smallest absolute Gasteiger partial charge is 0.255 e. The second kappa shape index (κ2) is 9.25. The molecule has 10 heteroatoms. The lowest BCUT2D eigenvalue weighted by Crippen LogP contribution is -2.31. The van der Waals surface area contributed by atoms with E-state index in [0.717, 1.165) is 25.7 Å². The van der Waals surface area contributed by atoms with Gasteiger partial charge in [0.25, 0.3) is 5.91 Å². The summed E-state index contributed by atoms with van der Waals surface area (Å²) in [5.74, 6) is -0.494. The van der Waals surface area contributed by atoms with Gasteiger partial charge in [-0.25, -0.2) is 21.6 Å². The first kappa shape index (κ1) is 22.4. The summed E-state index contributed by atoms with van der Waals surface area (Å²) in [7, 11) is -5.93.